The van der Waals surface area contributed by atoms with Gasteiger partial charge in [-0.3, -0.25) is 4.79 Å². The SMILES string of the molecule is O=C(NCC(C(=O)O)C1CCCCC1)Oc1cccc(CO[N+](=O)[O-])c1. The summed E-state index contributed by atoms with van der Waals surface area (Å²) in [7, 11) is 0. The lowest BCUT2D eigenvalue weighted by molar-refractivity contribution is -0.763. The molecule has 0 radical (unpaired) electrons. The minimum atomic E-state index is -0.920. The van der Waals surface area contributed by atoms with E-state index in [-0.39, 0.29) is 24.8 Å². The maximum Gasteiger partial charge on any atom is 0.412 e. The van der Waals surface area contributed by atoms with Crippen LogP contribution in [0, 0.1) is 22.0 Å². The lowest BCUT2D eigenvalue weighted by Crippen LogP contribution is -2.38. The second kappa shape index (κ2) is 9.59. The molecule has 142 valence electrons. The number of ether oxygens (including phenoxy) is 1. The summed E-state index contributed by atoms with van der Waals surface area (Å²) < 4.78 is 5.11. The van der Waals surface area contributed by atoms with E-state index in [1.54, 1.807) is 12.1 Å². The first kappa shape index (κ1) is 19.5. The minimum absolute atomic E-state index is 0.00294. The summed E-state index contributed by atoms with van der Waals surface area (Å²) in [5, 5.41) is 21.2. The highest BCUT2D eigenvalue weighted by atomic mass is 16.9. The third-order valence-electron chi connectivity index (χ3n) is 4.45. The molecule has 0 aliphatic heterocycles. The summed E-state index contributed by atoms with van der Waals surface area (Å²) in [4.78, 5) is 37.9. The second-order valence-electron chi connectivity index (χ2n) is 6.26. The van der Waals surface area contributed by atoms with Gasteiger partial charge in [-0.05, 0) is 36.5 Å². The van der Waals surface area contributed by atoms with Crippen LogP contribution in [0.4, 0.5) is 4.79 Å². The molecule has 1 atom stereocenters. The molecule has 1 unspecified atom stereocenters. The number of hydrogen-bond donors (Lipinski definition) is 2. The molecule has 0 saturated heterocycles. The molecule has 26 heavy (non-hydrogen) atoms. The number of aliphatic carboxylic acids is 1. The van der Waals surface area contributed by atoms with Crippen molar-refractivity contribution in [1.29, 1.82) is 0 Å². The van der Waals surface area contributed by atoms with Crippen molar-refractivity contribution in [3.8, 4) is 5.75 Å². The molecule has 0 spiro atoms. The Morgan fingerprint density at radius 3 is 2.69 bits per heavy atom. The molecular weight excluding hydrogens is 344 g/mol. The number of nitrogens with one attached hydrogen (secondary N) is 1. The highest BCUT2D eigenvalue weighted by molar-refractivity contribution is 5.74. The van der Waals surface area contributed by atoms with Crippen LogP contribution in [-0.2, 0) is 16.2 Å². The number of carbonyl (C=O) groups excluding carboxylic acids is 1. The predicted octanol–water partition coefficient (Wildman–Crippen LogP) is 2.76. The number of carboxylic acid groups (broad SMARTS) is 1. The summed E-state index contributed by atoms with van der Waals surface area (Å²) in [6, 6.07) is 6.13. The number of amides is 1. The molecule has 1 aromatic rings. The summed E-state index contributed by atoms with van der Waals surface area (Å²) in [5.41, 5.74) is 0.470. The summed E-state index contributed by atoms with van der Waals surface area (Å²) >= 11 is 0. The average Bonchev–Trinajstić information content (AvgIpc) is 2.61. The predicted molar refractivity (Wildman–Crippen MR) is 90.0 cm³/mol. The monoisotopic (exact) mass is 366 g/mol. The molecule has 1 saturated carbocycles. The highest BCUT2D eigenvalue weighted by Gasteiger charge is 2.29. The Bertz CT molecular complexity index is 644. The van der Waals surface area contributed by atoms with Crippen LogP contribution >= 0.6 is 0 Å². The zero-order chi connectivity index (χ0) is 18.9. The Balaban J connectivity index is 1.86. The molecule has 1 amide bonds. The lowest BCUT2D eigenvalue weighted by atomic mass is 9.80. The van der Waals surface area contributed by atoms with Crippen molar-refractivity contribution in [2.75, 3.05) is 6.54 Å². The molecule has 1 aromatic carbocycles. The number of nitrogens with zero attached hydrogens (tertiary/aromatic N) is 1. The number of benzene rings is 1. The van der Waals surface area contributed by atoms with Crippen LogP contribution in [0.15, 0.2) is 24.3 Å². The van der Waals surface area contributed by atoms with Crippen molar-refractivity contribution in [3.63, 3.8) is 0 Å². The Hall–Kier alpha value is -2.84. The molecule has 2 N–H and O–H groups in total. The van der Waals surface area contributed by atoms with Gasteiger partial charge in [0, 0.05) is 6.54 Å². The van der Waals surface area contributed by atoms with E-state index in [0.29, 0.717) is 5.56 Å². The Labute approximate surface area is 150 Å². The van der Waals surface area contributed by atoms with Gasteiger partial charge in [0.25, 0.3) is 5.09 Å². The summed E-state index contributed by atoms with van der Waals surface area (Å²) in [6.07, 6.45) is 4.09. The van der Waals surface area contributed by atoms with Gasteiger partial charge in [0.15, 0.2) is 0 Å². The fourth-order valence-electron chi connectivity index (χ4n) is 3.15. The molecule has 0 bridgehead atoms. The molecule has 0 heterocycles. The van der Waals surface area contributed by atoms with Gasteiger partial charge in [-0.25, -0.2) is 4.79 Å². The topological polar surface area (TPSA) is 128 Å². The molecule has 2 rings (SSSR count). The van der Waals surface area contributed by atoms with E-state index in [0.717, 1.165) is 32.1 Å². The van der Waals surface area contributed by atoms with Gasteiger partial charge in [-0.1, -0.05) is 31.4 Å². The number of carbonyl (C=O) groups is 2. The third-order valence-corrected chi connectivity index (χ3v) is 4.45. The molecule has 1 aliphatic carbocycles. The maximum atomic E-state index is 11.9. The zero-order valence-corrected chi connectivity index (χ0v) is 14.3. The van der Waals surface area contributed by atoms with Gasteiger partial charge in [0.2, 0.25) is 0 Å². The Morgan fingerprint density at radius 1 is 1.31 bits per heavy atom. The van der Waals surface area contributed by atoms with Gasteiger partial charge in [0.1, 0.15) is 12.4 Å². The minimum Gasteiger partial charge on any atom is -0.481 e. The van der Waals surface area contributed by atoms with Crippen LogP contribution in [-0.4, -0.2) is 28.8 Å². The van der Waals surface area contributed by atoms with Crippen molar-refractivity contribution >= 4 is 12.1 Å². The molecule has 0 aromatic heterocycles. The molecule has 9 heteroatoms. The Morgan fingerprint density at radius 2 is 2.04 bits per heavy atom. The van der Waals surface area contributed by atoms with E-state index in [9.17, 15) is 24.8 Å². The van der Waals surface area contributed by atoms with Crippen LogP contribution in [0.2, 0.25) is 0 Å². The van der Waals surface area contributed by atoms with E-state index in [2.05, 4.69) is 10.2 Å². The van der Waals surface area contributed by atoms with E-state index in [1.807, 2.05) is 0 Å². The van der Waals surface area contributed by atoms with E-state index in [1.165, 1.54) is 12.1 Å². The fraction of sp³-hybridized carbons (Fsp3) is 0.529. The molecular formula is C17H22N2O7. The Kier molecular flexibility index (Phi) is 7.19. The summed E-state index contributed by atoms with van der Waals surface area (Å²) in [5.74, 6) is -1.31. The van der Waals surface area contributed by atoms with Crippen molar-refractivity contribution in [3.05, 3.63) is 39.9 Å². The fourth-order valence-corrected chi connectivity index (χ4v) is 3.15. The highest BCUT2D eigenvalue weighted by Crippen LogP contribution is 2.30. The first-order valence-electron chi connectivity index (χ1n) is 8.50. The quantitative estimate of drug-likeness (QED) is 0.535. The van der Waals surface area contributed by atoms with Gasteiger partial charge in [-0.15, -0.1) is 10.1 Å². The normalized spacial score (nSPS) is 15.7. The molecule has 1 aliphatic rings. The smallest absolute Gasteiger partial charge is 0.412 e. The van der Waals surface area contributed by atoms with Crippen molar-refractivity contribution in [1.82, 2.24) is 5.32 Å². The number of hydrogen-bond acceptors (Lipinski definition) is 6. The van der Waals surface area contributed by atoms with Crippen LogP contribution in [0.1, 0.15) is 37.7 Å². The van der Waals surface area contributed by atoms with Crippen LogP contribution < -0.4 is 10.1 Å². The van der Waals surface area contributed by atoms with E-state index >= 15 is 0 Å². The number of carboxylic acids is 1. The third kappa shape index (κ3) is 6.23. The molecule has 9 nitrogen and oxygen atoms in total. The summed E-state index contributed by atoms with van der Waals surface area (Å²) in [6.45, 7) is -0.252. The zero-order valence-electron chi connectivity index (χ0n) is 14.3. The first-order valence-corrected chi connectivity index (χ1v) is 8.50. The van der Waals surface area contributed by atoms with Crippen molar-refractivity contribution in [2.24, 2.45) is 11.8 Å². The average molecular weight is 366 g/mol. The van der Waals surface area contributed by atoms with E-state index in [4.69, 9.17) is 4.74 Å². The maximum absolute atomic E-state index is 11.9. The standard InChI is InChI=1S/C17H22N2O7/c20-16(21)15(13-6-2-1-3-7-13)10-18-17(22)26-14-8-4-5-12(9-14)11-25-19(23)24/h4-5,8-9,13,15H,1-3,6-7,10-11H2,(H,18,22)(H,20,21). The lowest BCUT2D eigenvalue weighted by Gasteiger charge is -2.27. The van der Waals surface area contributed by atoms with Crippen LogP contribution in [0.5, 0.6) is 5.75 Å². The van der Waals surface area contributed by atoms with Crippen molar-refractivity contribution < 1.29 is 29.4 Å². The van der Waals surface area contributed by atoms with Crippen LogP contribution in [0.3, 0.4) is 0 Å². The van der Waals surface area contributed by atoms with Gasteiger partial charge < -0.3 is 20.0 Å². The van der Waals surface area contributed by atoms with E-state index < -0.39 is 23.1 Å². The van der Waals surface area contributed by atoms with Gasteiger partial charge >= 0.3 is 12.1 Å². The van der Waals surface area contributed by atoms with Crippen LogP contribution in [0.25, 0.3) is 0 Å². The number of rotatable bonds is 8. The van der Waals surface area contributed by atoms with Gasteiger partial charge in [-0.2, -0.15) is 0 Å². The molecule has 1 fully saturated rings. The van der Waals surface area contributed by atoms with Crippen molar-refractivity contribution in [2.45, 2.75) is 38.7 Å². The second-order valence-corrected chi connectivity index (χ2v) is 6.26. The largest absolute Gasteiger partial charge is 0.481 e. The van der Waals surface area contributed by atoms with Gasteiger partial charge in [0.05, 0.1) is 5.92 Å². The first-order chi connectivity index (χ1) is 12.5.